The SMILES string of the molecule is CCNC(=NCc1cccc(COC2CCOCC2)c1)NCCCOCC1CCOC1. The second kappa shape index (κ2) is 14.4. The van der Waals surface area contributed by atoms with E-state index in [0.29, 0.717) is 25.2 Å². The van der Waals surface area contributed by atoms with Gasteiger partial charge in [0.1, 0.15) is 0 Å². The van der Waals surface area contributed by atoms with Crippen molar-refractivity contribution >= 4 is 5.96 Å². The van der Waals surface area contributed by atoms with E-state index >= 15 is 0 Å². The fourth-order valence-corrected chi connectivity index (χ4v) is 3.73. The lowest BCUT2D eigenvalue weighted by Gasteiger charge is -2.22. The fraction of sp³-hybridized carbons (Fsp3) is 0.708. The van der Waals surface area contributed by atoms with Crippen molar-refractivity contribution in [3.8, 4) is 0 Å². The second-order valence-corrected chi connectivity index (χ2v) is 8.22. The molecule has 0 radical (unpaired) electrons. The standard InChI is InChI=1S/C24H39N3O4/c1-2-25-24(26-10-4-11-29-17-22-7-12-30-18-22)27-16-20-5-3-6-21(15-20)19-31-23-8-13-28-14-9-23/h3,5-6,15,22-23H,2,4,7-14,16-19H2,1H3,(H2,25,26,27). The number of hydrogen-bond donors (Lipinski definition) is 2. The van der Waals surface area contributed by atoms with E-state index in [2.05, 4.69) is 41.8 Å². The molecule has 1 aromatic rings. The van der Waals surface area contributed by atoms with E-state index in [4.69, 9.17) is 23.9 Å². The summed E-state index contributed by atoms with van der Waals surface area (Å²) in [5, 5.41) is 6.72. The van der Waals surface area contributed by atoms with Crippen LogP contribution in [-0.2, 0) is 32.1 Å². The first-order valence-corrected chi connectivity index (χ1v) is 11.8. The summed E-state index contributed by atoms with van der Waals surface area (Å²) in [6.07, 6.45) is 4.37. The number of guanidine groups is 1. The first-order chi connectivity index (χ1) is 15.3. The summed E-state index contributed by atoms with van der Waals surface area (Å²) >= 11 is 0. The molecule has 31 heavy (non-hydrogen) atoms. The predicted molar refractivity (Wildman–Crippen MR) is 122 cm³/mol. The highest BCUT2D eigenvalue weighted by atomic mass is 16.5. The molecule has 1 atom stereocenters. The Kier molecular flexibility index (Phi) is 11.1. The van der Waals surface area contributed by atoms with Gasteiger partial charge in [-0.25, -0.2) is 4.99 Å². The topological polar surface area (TPSA) is 73.3 Å². The highest BCUT2D eigenvalue weighted by molar-refractivity contribution is 5.79. The van der Waals surface area contributed by atoms with E-state index in [1.165, 1.54) is 11.1 Å². The molecule has 2 N–H and O–H groups in total. The van der Waals surface area contributed by atoms with Crippen LogP contribution in [0.4, 0.5) is 0 Å². The molecule has 0 saturated carbocycles. The highest BCUT2D eigenvalue weighted by Crippen LogP contribution is 2.15. The lowest BCUT2D eigenvalue weighted by atomic mass is 10.1. The van der Waals surface area contributed by atoms with Crippen LogP contribution in [0, 0.1) is 5.92 Å². The van der Waals surface area contributed by atoms with Crippen LogP contribution in [0.5, 0.6) is 0 Å². The zero-order valence-corrected chi connectivity index (χ0v) is 18.9. The molecule has 0 aliphatic carbocycles. The average molecular weight is 434 g/mol. The Balaban J connectivity index is 1.36. The summed E-state index contributed by atoms with van der Waals surface area (Å²) in [6, 6.07) is 8.51. The van der Waals surface area contributed by atoms with E-state index in [9.17, 15) is 0 Å². The monoisotopic (exact) mass is 433 g/mol. The van der Waals surface area contributed by atoms with Crippen molar-refractivity contribution in [1.82, 2.24) is 10.6 Å². The summed E-state index contributed by atoms with van der Waals surface area (Å²) in [6.45, 7) is 9.95. The minimum Gasteiger partial charge on any atom is -0.381 e. The third-order valence-corrected chi connectivity index (χ3v) is 5.54. The molecule has 174 valence electrons. The number of hydrogen-bond acceptors (Lipinski definition) is 5. The molecule has 2 saturated heterocycles. The molecule has 1 aromatic carbocycles. The molecule has 0 aromatic heterocycles. The van der Waals surface area contributed by atoms with Gasteiger partial charge in [0.15, 0.2) is 5.96 Å². The molecule has 7 heteroatoms. The van der Waals surface area contributed by atoms with Crippen molar-refractivity contribution in [2.45, 2.75) is 51.9 Å². The van der Waals surface area contributed by atoms with E-state index in [0.717, 1.165) is 84.4 Å². The van der Waals surface area contributed by atoms with Gasteiger partial charge in [-0.15, -0.1) is 0 Å². The van der Waals surface area contributed by atoms with Gasteiger partial charge >= 0.3 is 0 Å². The van der Waals surface area contributed by atoms with Crippen LogP contribution in [0.2, 0.25) is 0 Å². The quantitative estimate of drug-likeness (QED) is 0.300. The molecule has 1 unspecified atom stereocenters. The van der Waals surface area contributed by atoms with Gasteiger partial charge in [0.05, 0.1) is 32.5 Å². The van der Waals surface area contributed by atoms with Crippen molar-refractivity contribution in [3.63, 3.8) is 0 Å². The van der Waals surface area contributed by atoms with Gasteiger partial charge in [-0.05, 0) is 43.7 Å². The number of nitrogens with one attached hydrogen (secondary N) is 2. The third kappa shape index (κ3) is 9.56. The molecule has 2 fully saturated rings. The Bertz CT molecular complexity index is 643. The molecule has 0 spiro atoms. The Morgan fingerprint density at radius 3 is 2.74 bits per heavy atom. The Morgan fingerprint density at radius 1 is 1.10 bits per heavy atom. The number of ether oxygens (including phenoxy) is 4. The lowest BCUT2D eigenvalue weighted by molar-refractivity contribution is -0.0390. The van der Waals surface area contributed by atoms with Crippen LogP contribution in [0.3, 0.4) is 0 Å². The Hall–Kier alpha value is -1.67. The van der Waals surface area contributed by atoms with Crippen LogP contribution in [0.25, 0.3) is 0 Å². The average Bonchev–Trinajstić information content (AvgIpc) is 3.33. The zero-order chi connectivity index (χ0) is 21.6. The van der Waals surface area contributed by atoms with E-state index in [1.54, 1.807) is 0 Å². The summed E-state index contributed by atoms with van der Waals surface area (Å²) in [7, 11) is 0. The minimum absolute atomic E-state index is 0.315. The van der Waals surface area contributed by atoms with E-state index < -0.39 is 0 Å². The molecule has 2 aliphatic rings. The van der Waals surface area contributed by atoms with E-state index in [1.807, 2.05) is 0 Å². The molecular formula is C24H39N3O4. The number of aliphatic imine (C=N–C) groups is 1. The largest absolute Gasteiger partial charge is 0.381 e. The van der Waals surface area contributed by atoms with Crippen LogP contribution >= 0.6 is 0 Å². The van der Waals surface area contributed by atoms with Crippen LogP contribution < -0.4 is 10.6 Å². The highest BCUT2D eigenvalue weighted by Gasteiger charge is 2.15. The van der Waals surface area contributed by atoms with Gasteiger partial charge in [-0.1, -0.05) is 24.3 Å². The summed E-state index contributed by atoms with van der Waals surface area (Å²) in [4.78, 5) is 4.74. The van der Waals surface area contributed by atoms with Crippen LogP contribution in [-0.4, -0.2) is 64.8 Å². The number of rotatable bonds is 12. The van der Waals surface area contributed by atoms with Gasteiger partial charge in [0, 0.05) is 45.4 Å². The third-order valence-electron chi connectivity index (χ3n) is 5.54. The molecule has 0 amide bonds. The van der Waals surface area contributed by atoms with Crippen molar-refractivity contribution in [1.29, 1.82) is 0 Å². The van der Waals surface area contributed by atoms with Crippen molar-refractivity contribution in [3.05, 3.63) is 35.4 Å². The van der Waals surface area contributed by atoms with Gasteiger partial charge in [0.25, 0.3) is 0 Å². The van der Waals surface area contributed by atoms with Crippen molar-refractivity contribution < 1.29 is 18.9 Å². The maximum atomic E-state index is 6.05. The van der Waals surface area contributed by atoms with Gasteiger partial charge < -0.3 is 29.6 Å². The number of nitrogens with zero attached hydrogens (tertiary/aromatic N) is 1. The fourth-order valence-electron chi connectivity index (χ4n) is 3.73. The molecule has 0 bridgehead atoms. The zero-order valence-electron chi connectivity index (χ0n) is 18.9. The Labute approximate surface area is 186 Å². The molecule has 2 heterocycles. The smallest absolute Gasteiger partial charge is 0.191 e. The molecular weight excluding hydrogens is 394 g/mol. The Morgan fingerprint density at radius 2 is 1.94 bits per heavy atom. The molecule has 7 nitrogen and oxygen atoms in total. The van der Waals surface area contributed by atoms with E-state index in [-0.39, 0.29) is 0 Å². The van der Waals surface area contributed by atoms with Crippen LogP contribution in [0.1, 0.15) is 43.7 Å². The van der Waals surface area contributed by atoms with Gasteiger partial charge in [-0.2, -0.15) is 0 Å². The first-order valence-electron chi connectivity index (χ1n) is 11.8. The van der Waals surface area contributed by atoms with Crippen molar-refractivity contribution in [2.75, 3.05) is 52.7 Å². The predicted octanol–water partition coefficient (Wildman–Crippen LogP) is 2.88. The van der Waals surface area contributed by atoms with Crippen molar-refractivity contribution in [2.24, 2.45) is 10.9 Å². The summed E-state index contributed by atoms with van der Waals surface area (Å²) in [5.41, 5.74) is 2.38. The molecule has 3 rings (SSSR count). The number of benzene rings is 1. The van der Waals surface area contributed by atoms with Gasteiger partial charge in [0.2, 0.25) is 0 Å². The second-order valence-electron chi connectivity index (χ2n) is 8.22. The summed E-state index contributed by atoms with van der Waals surface area (Å²) in [5.74, 6) is 1.42. The normalized spacial score (nSPS) is 20.2. The maximum Gasteiger partial charge on any atom is 0.191 e. The minimum atomic E-state index is 0.315. The molecule has 2 aliphatic heterocycles. The van der Waals surface area contributed by atoms with Gasteiger partial charge in [-0.3, -0.25) is 0 Å². The lowest BCUT2D eigenvalue weighted by Crippen LogP contribution is -2.38. The van der Waals surface area contributed by atoms with Crippen LogP contribution in [0.15, 0.2) is 29.3 Å². The summed E-state index contributed by atoms with van der Waals surface area (Å²) < 4.78 is 22.6. The maximum absolute atomic E-state index is 6.05. The first kappa shape index (κ1) is 24.0.